The Labute approximate surface area is 114 Å². The van der Waals surface area contributed by atoms with Crippen molar-refractivity contribution in [3.05, 3.63) is 0 Å². The van der Waals surface area contributed by atoms with Gasteiger partial charge in [0.1, 0.15) is 6.04 Å². The van der Waals surface area contributed by atoms with Crippen molar-refractivity contribution in [3.63, 3.8) is 0 Å². The summed E-state index contributed by atoms with van der Waals surface area (Å²) in [5.74, 6) is 0.100. The molecule has 2 rings (SSSR count). The molecule has 2 N–H and O–H groups in total. The van der Waals surface area contributed by atoms with Gasteiger partial charge in [0.15, 0.2) is 0 Å². The Balaban J connectivity index is 0.00000162. The van der Waals surface area contributed by atoms with Crippen molar-refractivity contribution in [3.8, 4) is 0 Å². The molecule has 2 aliphatic heterocycles. The van der Waals surface area contributed by atoms with Gasteiger partial charge in [-0.1, -0.05) is 0 Å². The fourth-order valence-corrected chi connectivity index (χ4v) is 2.78. The second-order valence-corrected chi connectivity index (χ2v) is 4.93. The van der Waals surface area contributed by atoms with Gasteiger partial charge in [0.2, 0.25) is 5.91 Å². The smallest absolute Gasteiger partial charge is 0.315 e. The van der Waals surface area contributed by atoms with Gasteiger partial charge in [0.25, 0.3) is 0 Å². The Hall–Kier alpha value is -0.970. The van der Waals surface area contributed by atoms with Crippen molar-refractivity contribution in [2.45, 2.75) is 44.6 Å². The highest BCUT2D eigenvalue weighted by Crippen LogP contribution is 2.20. The third-order valence-corrected chi connectivity index (χ3v) is 3.74. The van der Waals surface area contributed by atoms with Gasteiger partial charge in [-0.25, -0.2) is 4.79 Å². The number of hydrogen-bond donors (Lipinski definition) is 1. The first kappa shape index (κ1) is 15.1. The van der Waals surface area contributed by atoms with Crippen LogP contribution in [0.2, 0.25) is 0 Å². The average Bonchev–Trinajstić information content (AvgIpc) is 2.39. The molecule has 18 heavy (non-hydrogen) atoms. The van der Waals surface area contributed by atoms with E-state index in [9.17, 15) is 9.59 Å². The van der Waals surface area contributed by atoms with Crippen molar-refractivity contribution in [1.29, 1.82) is 0 Å². The molecule has 2 heterocycles. The summed E-state index contributed by atoms with van der Waals surface area (Å²) in [5.41, 5.74) is 5.34. The molecule has 0 radical (unpaired) electrons. The fourth-order valence-electron chi connectivity index (χ4n) is 2.78. The van der Waals surface area contributed by atoms with Crippen molar-refractivity contribution in [1.82, 2.24) is 9.80 Å². The van der Waals surface area contributed by atoms with E-state index in [2.05, 4.69) is 0 Å². The molecule has 0 aromatic rings. The number of piperidine rings is 2. The first-order valence-corrected chi connectivity index (χ1v) is 6.55. The Kier molecular flexibility index (Phi) is 5.72. The predicted molar refractivity (Wildman–Crippen MR) is 71.6 cm³/mol. The minimum Gasteiger partial charge on any atom is -0.351 e. The normalized spacial score (nSPS) is 24.3. The lowest BCUT2D eigenvalue weighted by Crippen LogP contribution is -2.55. The van der Waals surface area contributed by atoms with E-state index in [1.54, 1.807) is 4.90 Å². The molecule has 6 heteroatoms. The van der Waals surface area contributed by atoms with E-state index in [0.29, 0.717) is 6.54 Å². The van der Waals surface area contributed by atoms with E-state index in [4.69, 9.17) is 5.73 Å². The molecule has 3 amide bonds. The van der Waals surface area contributed by atoms with Gasteiger partial charge in [-0.05, 0) is 38.5 Å². The van der Waals surface area contributed by atoms with Crippen LogP contribution in [0.1, 0.15) is 38.5 Å². The number of rotatable bonds is 1. The topological polar surface area (TPSA) is 66.6 Å². The zero-order valence-electron chi connectivity index (χ0n) is 10.6. The molecule has 0 aromatic heterocycles. The highest BCUT2D eigenvalue weighted by Gasteiger charge is 2.34. The number of nitrogens with zero attached hydrogens (tertiary/aromatic N) is 2. The van der Waals surface area contributed by atoms with E-state index in [-0.39, 0.29) is 24.4 Å². The molecule has 1 unspecified atom stereocenters. The van der Waals surface area contributed by atoms with Crippen LogP contribution in [0.3, 0.4) is 0 Å². The molecule has 0 bridgehead atoms. The van der Waals surface area contributed by atoms with Crippen molar-refractivity contribution < 1.29 is 9.59 Å². The van der Waals surface area contributed by atoms with E-state index in [0.717, 1.165) is 45.2 Å². The maximum Gasteiger partial charge on any atom is 0.315 e. The van der Waals surface area contributed by atoms with Gasteiger partial charge < -0.3 is 15.5 Å². The summed E-state index contributed by atoms with van der Waals surface area (Å²) in [7, 11) is 0. The lowest BCUT2D eigenvalue weighted by Gasteiger charge is -2.37. The molecule has 5 nitrogen and oxygen atoms in total. The summed E-state index contributed by atoms with van der Waals surface area (Å²) in [5, 5.41) is 0. The molecule has 0 spiro atoms. The lowest BCUT2D eigenvalue weighted by atomic mass is 10.00. The number of amides is 3. The summed E-state index contributed by atoms with van der Waals surface area (Å²) in [6.07, 6.45) is 6.08. The number of carbonyl (C=O) groups is 2. The Morgan fingerprint density at radius 2 is 1.56 bits per heavy atom. The summed E-state index contributed by atoms with van der Waals surface area (Å²) in [4.78, 5) is 27.1. The van der Waals surface area contributed by atoms with Crippen LogP contribution in [0.5, 0.6) is 0 Å². The monoisotopic (exact) mass is 275 g/mol. The molecule has 1 atom stereocenters. The molecule has 104 valence electrons. The third-order valence-electron chi connectivity index (χ3n) is 3.74. The first-order valence-electron chi connectivity index (χ1n) is 6.55. The summed E-state index contributed by atoms with van der Waals surface area (Å²) in [6.45, 7) is 2.30. The molecule has 0 aliphatic carbocycles. The van der Waals surface area contributed by atoms with Crippen LogP contribution in [0.15, 0.2) is 0 Å². The van der Waals surface area contributed by atoms with Gasteiger partial charge in [-0.3, -0.25) is 4.79 Å². The van der Waals surface area contributed by atoms with Crippen molar-refractivity contribution in [2.75, 3.05) is 19.6 Å². The number of likely N-dealkylation sites (tertiary alicyclic amines) is 2. The van der Waals surface area contributed by atoms with Crippen molar-refractivity contribution in [2.24, 2.45) is 5.73 Å². The second-order valence-electron chi connectivity index (χ2n) is 4.93. The molecule has 2 aliphatic rings. The minimum atomic E-state index is -0.458. The van der Waals surface area contributed by atoms with E-state index in [1.165, 1.54) is 6.42 Å². The summed E-state index contributed by atoms with van der Waals surface area (Å²) < 4.78 is 0. The average molecular weight is 276 g/mol. The number of urea groups is 1. The highest BCUT2D eigenvalue weighted by atomic mass is 35.5. The lowest BCUT2D eigenvalue weighted by molar-refractivity contribution is -0.137. The Morgan fingerprint density at radius 3 is 2.17 bits per heavy atom. The van der Waals surface area contributed by atoms with E-state index < -0.39 is 6.03 Å². The number of hydrogen-bond acceptors (Lipinski definition) is 2. The molecule has 0 saturated carbocycles. The van der Waals surface area contributed by atoms with Crippen LogP contribution in [0.4, 0.5) is 4.79 Å². The van der Waals surface area contributed by atoms with Gasteiger partial charge in [0, 0.05) is 19.6 Å². The zero-order chi connectivity index (χ0) is 12.3. The number of nitrogens with two attached hydrogens (primary N) is 1. The van der Waals surface area contributed by atoms with Crippen LogP contribution in [-0.2, 0) is 4.79 Å². The summed E-state index contributed by atoms with van der Waals surface area (Å²) >= 11 is 0. The van der Waals surface area contributed by atoms with Gasteiger partial charge in [0.05, 0.1) is 0 Å². The third kappa shape index (κ3) is 3.28. The SMILES string of the molecule is Cl.NC(=O)N1CCCCC1C(=O)N1CCCCC1. The quantitative estimate of drug-likeness (QED) is 0.785. The minimum absolute atomic E-state index is 0. The number of primary amides is 1. The van der Waals surface area contributed by atoms with Crippen molar-refractivity contribution >= 4 is 24.3 Å². The van der Waals surface area contributed by atoms with Crippen LogP contribution in [0.25, 0.3) is 0 Å². The second kappa shape index (κ2) is 6.83. The maximum absolute atomic E-state index is 12.3. The van der Waals surface area contributed by atoms with Crippen LogP contribution in [-0.4, -0.2) is 47.4 Å². The number of halogens is 1. The maximum atomic E-state index is 12.3. The Morgan fingerprint density at radius 1 is 0.944 bits per heavy atom. The molecular weight excluding hydrogens is 254 g/mol. The van der Waals surface area contributed by atoms with E-state index >= 15 is 0 Å². The first-order chi connectivity index (χ1) is 8.20. The molecule has 2 fully saturated rings. The standard InChI is InChI=1S/C12H21N3O2.ClH/c13-12(17)15-9-5-2-6-10(15)11(16)14-7-3-1-4-8-14;/h10H,1-9H2,(H2,13,17);1H. The van der Waals surface area contributed by atoms with Gasteiger partial charge >= 0.3 is 6.03 Å². The highest BCUT2D eigenvalue weighted by molar-refractivity contribution is 5.87. The Bertz CT molecular complexity index is 306. The van der Waals surface area contributed by atoms with Crippen LogP contribution >= 0.6 is 12.4 Å². The molecular formula is C12H22ClN3O2. The van der Waals surface area contributed by atoms with Crippen LogP contribution < -0.4 is 5.73 Å². The van der Waals surface area contributed by atoms with Gasteiger partial charge in [-0.2, -0.15) is 0 Å². The van der Waals surface area contributed by atoms with Gasteiger partial charge in [-0.15, -0.1) is 12.4 Å². The fraction of sp³-hybridized carbons (Fsp3) is 0.833. The predicted octanol–water partition coefficient (Wildman–Crippen LogP) is 1.35. The zero-order valence-corrected chi connectivity index (χ0v) is 11.5. The molecule has 2 saturated heterocycles. The van der Waals surface area contributed by atoms with Crippen LogP contribution in [0, 0.1) is 0 Å². The number of carbonyl (C=O) groups excluding carboxylic acids is 2. The largest absolute Gasteiger partial charge is 0.351 e. The summed E-state index contributed by atoms with van der Waals surface area (Å²) in [6, 6.07) is -0.764. The molecule has 0 aromatic carbocycles. The van der Waals surface area contributed by atoms with E-state index in [1.807, 2.05) is 4.90 Å².